The van der Waals surface area contributed by atoms with Crippen LogP contribution in [0.4, 0.5) is 10.5 Å². The number of hydrogen-bond acceptors (Lipinski definition) is 3. The van der Waals surface area contributed by atoms with E-state index in [0.717, 1.165) is 14.9 Å². The van der Waals surface area contributed by atoms with Crippen molar-refractivity contribution in [3.05, 3.63) is 28.2 Å². The van der Waals surface area contributed by atoms with Crippen LogP contribution in [0.25, 0.3) is 0 Å². The van der Waals surface area contributed by atoms with Gasteiger partial charge in [0.05, 0.1) is 5.69 Å². The van der Waals surface area contributed by atoms with Gasteiger partial charge < -0.3 is 0 Å². The zero-order chi connectivity index (χ0) is 12.6. The van der Waals surface area contributed by atoms with Gasteiger partial charge in [-0.3, -0.25) is 14.9 Å². The van der Waals surface area contributed by atoms with E-state index in [2.05, 4.69) is 21.2 Å². The minimum Gasteiger partial charge on any atom is -0.277 e. The number of barbiturate groups is 1. The van der Waals surface area contributed by atoms with Crippen molar-refractivity contribution >= 4 is 39.5 Å². The summed E-state index contributed by atoms with van der Waals surface area (Å²) < 4.78 is 0.760. The molecular formula is C11H9BrN2O3. The van der Waals surface area contributed by atoms with Crippen LogP contribution < -0.4 is 10.2 Å². The van der Waals surface area contributed by atoms with E-state index in [4.69, 9.17) is 0 Å². The molecule has 1 aliphatic heterocycles. The van der Waals surface area contributed by atoms with Crippen LogP contribution in [0.15, 0.2) is 22.7 Å². The van der Waals surface area contributed by atoms with Crippen molar-refractivity contribution in [1.82, 2.24) is 5.32 Å². The fourth-order valence-electron chi connectivity index (χ4n) is 1.62. The maximum Gasteiger partial charge on any atom is 0.335 e. The summed E-state index contributed by atoms with van der Waals surface area (Å²) in [5.74, 6) is -1.08. The molecule has 4 amide bonds. The van der Waals surface area contributed by atoms with Crippen LogP contribution in [0.3, 0.4) is 0 Å². The number of halogens is 1. The second-order valence-corrected chi connectivity index (χ2v) is 4.61. The first-order valence-electron chi connectivity index (χ1n) is 4.92. The predicted octanol–water partition coefficient (Wildman–Crippen LogP) is 1.73. The second-order valence-electron chi connectivity index (χ2n) is 3.69. The molecule has 1 N–H and O–H groups in total. The molecule has 1 saturated heterocycles. The Balaban J connectivity index is 2.45. The standard InChI is InChI=1S/C11H9BrN2O3/c1-6-2-3-7(12)4-8(6)14-10(16)5-9(15)13-11(14)17/h2-4H,5H2,1H3,(H,13,15,17). The van der Waals surface area contributed by atoms with Crippen molar-refractivity contribution in [2.75, 3.05) is 4.90 Å². The smallest absolute Gasteiger partial charge is 0.277 e. The molecule has 0 unspecified atom stereocenters. The highest BCUT2D eigenvalue weighted by atomic mass is 79.9. The van der Waals surface area contributed by atoms with E-state index in [-0.39, 0.29) is 6.42 Å². The number of carbonyl (C=O) groups excluding carboxylic acids is 3. The molecule has 0 saturated carbocycles. The Morgan fingerprint density at radius 3 is 2.65 bits per heavy atom. The third-order valence-corrected chi connectivity index (χ3v) is 2.92. The van der Waals surface area contributed by atoms with Crippen LogP contribution in [-0.4, -0.2) is 17.8 Å². The zero-order valence-electron chi connectivity index (χ0n) is 8.99. The number of nitrogens with one attached hydrogen (secondary N) is 1. The molecule has 17 heavy (non-hydrogen) atoms. The highest BCUT2D eigenvalue weighted by Crippen LogP contribution is 2.26. The van der Waals surface area contributed by atoms with E-state index in [1.54, 1.807) is 19.1 Å². The lowest BCUT2D eigenvalue weighted by Crippen LogP contribution is -2.53. The molecule has 0 aromatic heterocycles. The van der Waals surface area contributed by atoms with Crippen molar-refractivity contribution in [2.24, 2.45) is 0 Å². The Labute approximate surface area is 106 Å². The number of hydrogen-bond donors (Lipinski definition) is 1. The van der Waals surface area contributed by atoms with Crippen molar-refractivity contribution in [1.29, 1.82) is 0 Å². The highest BCUT2D eigenvalue weighted by molar-refractivity contribution is 9.10. The molecule has 6 heteroatoms. The Kier molecular flexibility index (Phi) is 2.97. The van der Waals surface area contributed by atoms with Gasteiger partial charge >= 0.3 is 6.03 Å². The molecule has 0 radical (unpaired) electrons. The van der Waals surface area contributed by atoms with Gasteiger partial charge in [-0.15, -0.1) is 0 Å². The van der Waals surface area contributed by atoms with E-state index in [1.807, 2.05) is 6.07 Å². The summed E-state index contributed by atoms with van der Waals surface area (Å²) in [6.07, 6.45) is -0.308. The number of rotatable bonds is 1. The third kappa shape index (κ3) is 2.21. The molecule has 1 aromatic carbocycles. The van der Waals surface area contributed by atoms with Gasteiger partial charge in [-0.25, -0.2) is 9.69 Å². The van der Waals surface area contributed by atoms with E-state index in [0.29, 0.717) is 5.69 Å². The summed E-state index contributed by atoms with van der Waals surface area (Å²) in [4.78, 5) is 35.4. The van der Waals surface area contributed by atoms with Gasteiger partial charge in [-0.1, -0.05) is 22.0 Å². The number of anilines is 1. The normalized spacial score (nSPS) is 16.1. The SMILES string of the molecule is Cc1ccc(Br)cc1N1C(=O)CC(=O)NC1=O. The fourth-order valence-corrected chi connectivity index (χ4v) is 1.97. The van der Waals surface area contributed by atoms with Gasteiger partial charge in [0.15, 0.2) is 0 Å². The van der Waals surface area contributed by atoms with Gasteiger partial charge in [0, 0.05) is 4.47 Å². The zero-order valence-corrected chi connectivity index (χ0v) is 10.6. The number of carbonyl (C=O) groups is 3. The Bertz CT molecular complexity index is 507. The van der Waals surface area contributed by atoms with Crippen molar-refractivity contribution in [3.8, 4) is 0 Å². The largest absolute Gasteiger partial charge is 0.335 e. The predicted molar refractivity (Wildman–Crippen MR) is 64.5 cm³/mol. The van der Waals surface area contributed by atoms with Gasteiger partial charge in [0.2, 0.25) is 11.8 Å². The van der Waals surface area contributed by atoms with Gasteiger partial charge in [-0.2, -0.15) is 0 Å². The summed E-state index contributed by atoms with van der Waals surface area (Å²) in [6, 6.07) is 4.57. The van der Waals surface area contributed by atoms with E-state index in [9.17, 15) is 14.4 Å². The lowest BCUT2D eigenvalue weighted by atomic mass is 10.1. The average molecular weight is 297 g/mol. The van der Waals surface area contributed by atoms with Crippen LogP contribution in [0, 0.1) is 6.92 Å². The number of imide groups is 2. The molecular weight excluding hydrogens is 288 g/mol. The number of aryl methyl sites for hydroxylation is 1. The molecule has 2 rings (SSSR count). The van der Waals surface area contributed by atoms with Crippen LogP contribution >= 0.6 is 15.9 Å². The summed E-state index contributed by atoms with van der Waals surface area (Å²) in [5.41, 5.74) is 1.26. The first kappa shape index (κ1) is 11.8. The number of urea groups is 1. The van der Waals surface area contributed by atoms with E-state index < -0.39 is 17.8 Å². The maximum atomic E-state index is 11.7. The molecule has 1 aliphatic rings. The molecule has 0 spiro atoms. The summed E-state index contributed by atoms with van der Waals surface area (Å²) >= 11 is 3.28. The summed E-state index contributed by atoms with van der Waals surface area (Å²) in [7, 11) is 0. The second kappa shape index (κ2) is 4.29. The lowest BCUT2D eigenvalue weighted by molar-refractivity contribution is -0.128. The molecule has 0 aliphatic carbocycles. The van der Waals surface area contributed by atoms with Crippen LogP contribution in [-0.2, 0) is 9.59 Å². The van der Waals surface area contributed by atoms with Crippen molar-refractivity contribution < 1.29 is 14.4 Å². The number of nitrogens with zero attached hydrogens (tertiary/aromatic N) is 1. The van der Waals surface area contributed by atoms with Crippen molar-refractivity contribution in [3.63, 3.8) is 0 Å². The third-order valence-electron chi connectivity index (χ3n) is 2.42. The minimum atomic E-state index is -0.701. The Hall–Kier alpha value is -1.69. The number of benzene rings is 1. The molecule has 1 fully saturated rings. The average Bonchev–Trinajstić information content (AvgIpc) is 2.21. The lowest BCUT2D eigenvalue weighted by Gasteiger charge is -2.26. The van der Waals surface area contributed by atoms with Gasteiger partial charge in [0.1, 0.15) is 6.42 Å². The fraction of sp³-hybridized carbons (Fsp3) is 0.182. The monoisotopic (exact) mass is 296 g/mol. The van der Waals surface area contributed by atoms with Crippen LogP contribution in [0.2, 0.25) is 0 Å². The van der Waals surface area contributed by atoms with Gasteiger partial charge in [-0.05, 0) is 24.6 Å². The highest BCUT2D eigenvalue weighted by Gasteiger charge is 2.32. The summed E-state index contributed by atoms with van der Waals surface area (Å²) in [5, 5.41) is 2.12. The molecule has 5 nitrogen and oxygen atoms in total. The topological polar surface area (TPSA) is 66.5 Å². The van der Waals surface area contributed by atoms with Crippen molar-refractivity contribution in [2.45, 2.75) is 13.3 Å². The molecule has 88 valence electrons. The quantitative estimate of drug-likeness (QED) is 0.803. The number of amides is 4. The maximum absolute atomic E-state index is 11.7. The molecule has 0 atom stereocenters. The summed E-state index contributed by atoms with van der Waals surface area (Å²) in [6.45, 7) is 1.79. The van der Waals surface area contributed by atoms with E-state index in [1.165, 1.54) is 0 Å². The Morgan fingerprint density at radius 2 is 2.00 bits per heavy atom. The molecule has 1 aromatic rings. The Morgan fingerprint density at radius 1 is 1.29 bits per heavy atom. The van der Waals surface area contributed by atoms with Crippen LogP contribution in [0.5, 0.6) is 0 Å². The minimum absolute atomic E-state index is 0.308. The first-order valence-corrected chi connectivity index (χ1v) is 5.71. The molecule has 0 bridgehead atoms. The molecule has 1 heterocycles. The van der Waals surface area contributed by atoms with E-state index >= 15 is 0 Å². The van der Waals surface area contributed by atoms with Gasteiger partial charge in [0.25, 0.3) is 0 Å². The first-order chi connectivity index (χ1) is 7.99. The van der Waals surface area contributed by atoms with Crippen LogP contribution in [0.1, 0.15) is 12.0 Å².